The van der Waals surface area contributed by atoms with Gasteiger partial charge in [0.1, 0.15) is 17.9 Å². The van der Waals surface area contributed by atoms with Gasteiger partial charge < -0.3 is 24.8 Å². The van der Waals surface area contributed by atoms with Crippen molar-refractivity contribution < 1.29 is 27.1 Å². The van der Waals surface area contributed by atoms with E-state index in [2.05, 4.69) is 31.7 Å². The number of benzene rings is 1. The molecule has 6 rings (SSSR count). The van der Waals surface area contributed by atoms with E-state index < -0.39 is 16.0 Å². The van der Waals surface area contributed by atoms with Crippen LogP contribution in [-0.4, -0.2) is 126 Å². The fourth-order valence-electron chi connectivity index (χ4n) is 8.52. The van der Waals surface area contributed by atoms with Gasteiger partial charge in [-0.2, -0.15) is 17.0 Å². The lowest BCUT2D eigenvalue weighted by molar-refractivity contribution is -0.117. The van der Waals surface area contributed by atoms with E-state index in [1.807, 2.05) is 27.7 Å². The van der Waals surface area contributed by atoms with Crippen LogP contribution in [0.3, 0.4) is 0 Å². The minimum absolute atomic E-state index is 0.0749. The van der Waals surface area contributed by atoms with Gasteiger partial charge in [-0.15, -0.1) is 0 Å². The molecule has 2 aromatic rings. The van der Waals surface area contributed by atoms with Gasteiger partial charge in [-0.05, 0) is 110 Å². The Hall–Kier alpha value is -3.66. The predicted molar refractivity (Wildman–Crippen MR) is 201 cm³/mol. The molecule has 1 spiro atoms. The summed E-state index contributed by atoms with van der Waals surface area (Å²) >= 11 is 0. The second kappa shape index (κ2) is 16.4. The first-order valence-corrected chi connectivity index (χ1v) is 20.4. The molecule has 53 heavy (non-hydrogen) atoms. The third-order valence-corrected chi connectivity index (χ3v) is 13.3. The Kier molecular flexibility index (Phi) is 12.1. The molecule has 4 saturated heterocycles. The number of carbonyl (C=O) groups excluding carboxylic acids is 2. The van der Waals surface area contributed by atoms with Crippen LogP contribution in [0, 0.1) is 17.2 Å². The van der Waals surface area contributed by atoms with Crippen molar-refractivity contribution in [2.45, 2.75) is 84.3 Å². The van der Waals surface area contributed by atoms with E-state index in [0.717, 1.165) is 71.2 Å². The molecule has 0 radical (unpaired) electrons. The summed E-state index contributed by atoms with van der Waals surface area (Å²) in [7, 11) is -3.57. The molecule has 1 atom stereocenters. The van der Waals surface area contributed by atoms with Crippen molar-refractivity contribution in [3.8, 4) is 11.5 Å². The molecule has 4 aliphatic heterocycles. The smallest absolute Gasteiger partial charge is 0.282 e. The predicted octanol–water partition coefficient (Wildman–Crippen LogP) is 4.29. The largest absolute Gasteiger partial charge is 0.451 e. The second-order valence-electron chi connectivity index (χ2n) is 15.8. The summed E-state index contributed by atoms with van der Waals surface area (Å²) in [6.07, 6.45) is 9.59. The third kappa shape index (κ3) is 8.84. The van der Waals surface area contributed by atoms with E-state index in [1.54, 1.807) is 15.4 Å². The number of anilines is 1. The number of likely N-dealkylation sites (tertiary alicyclic amines) is 1. The molecule has 5 heterocycles. The Morgan fingerprint density at radius 2 is 1.74 bits per heavy atom. The molecule has 4 aliphatic rings. The molecule has 290 valence electrons. The highest BCUT2D eigenvalue weighted by atomic mass is 32.2. The topological polar surface area (TPSA) is 132 Å². The summed E-state index contributed by atoms with van der Waals surface area (Å²) in [5.41, 5.74) is 0.341. The molecular weight excluding hydrogens is 700 g/mol. The molecule has 0 saturated carbocycles. The van der Waals surface area contributed by atoms with Crippen molar-refractivity contribution in [1.29, 1.82) is 0 Å². The van der Waals surface area contributed by atoms with Crippen molar-refractivity contribution >= 4 is 27.8 Å². The number of nitrogens with zero attached hydrogens (tertiary/aromatic N) is 7. The van der Waals surface area contributed by atoms with Crippen molar-refractivity contribution in [2.75, 3.05) is 63.8 Å². The third-order valence-electron chi connectivity index (χ3n) is 11.3. The number of carbonyl (C=O) groups is 2. The van der Waals surface area contributed by atoms with Crippen LogP contribution in [0.25, 0.3) is 0 Å². The van der Waals surface area contributed by atoms with Gasteiger partial charge in [-0.25, -0.2) is 14.4 Å². The van der Waals surface area contributed by atoms with Crippen molar-refractivity contribution in [3.05, 3.63) is 54.8 Å². The number of aromatic nitrogens is 2. The first kappa shape index (κ1) is 39.0. The van der Waals surface area contributed by atoms with Gasteiger partial charge in [-0.1, -0.05) is 6.58 Å². The number of nitrogens with one attached hydrogen (secondary N) is 1. The fourth-order valence-corrected chi connectivity index (χ4v) is 10.2. The quantitative estimate of drug-likeness (QED) is 0.316. The Bertz CT molecular complexity index is 1730. The van der Waals surface area contributed by atoms with Gasteiger partial charge in [0.15, 0.2) is 11.6 Å². The summed E-state index contributed by atoms with van der Waals surface area (Å²) in [5, 5.41) is 2.85. The van der Waals surface area contributed by atoms with Gasteiger partial charge in [0.25, 0.3) is 16.1 Å². The van der Waals surface area contributed by atoms with E-state index >= 15 is 0 Å². The minimum Gasteiger partial charge on any atom is -0.451 e. The van der Waals surface area contributed by atoms with E-state index in [4.69, 9.17) is 4.74 Å². The maximum absolute atomic E-state index is 14.4. The zero-order valence-electron chi connectivity index (χ0n) is 31.5. The number of rotatable bonds is 12. The average molecular weight is 755 g/mol. The van der Waals surface area contributed by atoms with E-state index in [0.29, 0.717) is 43.7 Å². The normalized spacial score (nSPS) is 21.8. The number of ether oxygens (including phenoxy) is 1. The lowest BCUT2D eigenvalue weighted by Crippen LogP contribution is -2.61. The average Bonchev–Trinajstić information content (AvgIpc) is 3.12. The van der Waals surface area contributed by atoms with Gasteiger partial charge >= 0.3 is 0 Å². The molecule has 0 unspecified atom stereocenters. The van der Waals surface area contributed by atoms with Gasteiger partial charge in [-0.3, -0.25) is 9.59 Å². The molecular formula is C38H55FN8O5S. The Morgan fingerprint density at radius 1 is 1.04 bits per heavy atom. The number of amides is 2. The van der Waals surface area contributed by atoms with Crippen LogP contribution < -0.4 is 15.0 Å². The SMILES string of the molecule is C=CC(=O)N[C@@H]1CCCN(S(=O)(=O)N2CCC(CN3CCC4(CC3)CN(c3ncncc3Oc3ccc(F)cc3C(=O)N(C(C)C)C(C)C)C4)CC2)C1. The monoisotopic (exact) mass is 754 g/mol. The maximum Gasteiger partial charge on any atom is 0.282 e. The summed E-state index contributed by atoms with van der Waals surface area (Å²) in [4.78, 5) is 40.6. The number of piperidine rings is 3. The Morgan fingerprint density at radius 3 is 2.40 bits per heavy atom. The highest BCUT2D eigenvalue weighted by molar-refractivity contribution is 7.86. The maximum atomic E-state index is 14.4. The van der Waals surface area contributed by atoms with Gasteiger partial charge in [0.05, 0.1) is 11.8 Å². The first-order valence-electron chi connectivity index (χ1n) is 19.0. The van der Waals surface area contributed by atoms with Crippen LogP contribution in [-0.2, 0) is 15.0 Å². The van der Waals surface area contributed by atoms with Crippen molar-refractivity contribution in [1.82, 2.24) is 33.7 Å². The fraction of sp³-hybridized carbons (Fsp3) is 0.632. The van der Waals surface area contributed by atoms with E-state index in [-0.39, 0.29) is 46.7 Å². The molecule has 1 N–H and O–H groups in total. The molecule has 1 aromatic carbocycles. The lowest BCUT2D eigenvalue weighted by atomic mass is 9.72. The van der Waals surface area contributed by atoms with Crippen LogP contribution in [0.5, 0.6) is 11.5 Å². The highest BCUT2D eigenvalue weighted by Crippen LogP contribution is 2.45. The van der Waals surface area contributed by atoms with Crippen LogP contribution in [0.15, 0.2) is 43.4 Å². The summed E-state index contributed by atoms with van der Waals surface area (Å²) in [5.74, 6) is 0.720. The van der Waals surface area contributed by atoms with Gasteiger partial charge in [0, 0.05) is 69.4 Å². The Labute approximate surface area is 313 Å². The van der Waals surface area contributed by atoms with Crippen molar-refractivity contribution in [3.63, 3.8) is 0 Å². The van der Waals surface area contributed by atoms with Crippen LogP contribution in [0.1, 0.15) is 76.6 Å². The standard InChI is InChI=1S/C38H55FN8O5S/c1-6-35(48)42-31-8-7-15-46(23-31)53(50,51)45-16-11-29(12-17-45)22-43-18-13-38(14-19-43)24-44(25-38)36-34(21-40-26-41-36)52-33-10-9-30(39)20-32(33)37(49)47(27(2)3)28(4)5/h6,9-10,20-21,26-29,31H,1,7-8,11-19,22-25H2,2-5H3,(H,42,48)/t31-/m1/s1. The summed E-state index contributed by atoms with van der Waals surface area (Å²) in [6, 6.07) is 3.67. The lowest BCUT2D eigenvalue weighted by Gasteiger charge is -2.54. The van der Waals surface area contributed by atoms with Crippen LogP contribution in [0.2, 0.25) is 0 Å². The Balaban J connectivity index is 0.994. The molecule has 4 fully saturated rings. The number of halogens is 1. The molecule has 13 nitrogen and oxygen atoms in total. The molecule has 0 aliphatic carbocycles. The molecule has 15 heteroatoms. The van der Waals surface area contributed by atoms with Crippen LogP contribution >= 0.6 is 0 Å². The minimum atomic E-state index is -3.57. The zero-order chi connectivity index (χ0) is 37.9. The first-order chi connectivity index (χ1) is 25.3. The molecule has 2 amide bonds. The number of hydrogen-bond acceptors (Lipinski definition) is 9. The van der Waals surface area contributed by atoms with Crippen LogP contribution in [0.4, 0.5) is 10.2 Å². The summed E-state index contributed by atoms with van der Waals surface area (Å²) in [6.45, 7) is 17.7. The number of hydrogen-bond donors (Lipinski definition) is 1. The van der Waals surface area contributed by atoms with E-state index in [1.165, 1.54) is 34.9 Å². The molecule has 0 bridgehead atoms. The zero-order valence-corrected chi connectivity index (χ0v) is 32.4. The summed E-state index contributed by atoms with van der Waals surface area (Å²) < 4.78 is 50.8. The second-order valence-corrected chi connectivity index (χ2v) is 17.7. The van der Waals surface area contributed by atoms with E-state index in [9.17, 15) is 22.4 Å². The van der Waals surface area contributed by atoms with Gasteiger partial charge in [0.2, 0.25) is 5.91 Å². The molecule has 1 aromatic heterocycles. The highest BCUT2D eigenvalue weighted by Gasteiger charge is 2.46. The van der Waals surface area contributed by atoms with Crippen molar-refractivity contribution in [2.24, 2.45) is 11.3 Å².